The maximum absolute atomic E-state index is 12.3. The number of ether oxygens (including phenoxy) is 2. The number of methoxy groups -OCH3 is 2. The normalized spacial score (nSPS) is 10.1. The molecule has 0 saturated heterocycles. The summed E-state index contributed by atoms with van der Waals surface area (Å²) in [7, 11) is 2.88. The molecule has 3 rings (SSSR count). The number of benzene rings is 2. The Kier molecular flexibility index (Phi) is 5.86. The molecule has 0 saturated carbocycles. The number of para-hydroxylation sites is 1. The largest absolute Gasteiger partial charge is 0.497 e. The molecule has 1 aromatic heterocycles. The first kappa shape index (κ1) is 18.9. The van der Waals surface area contributed by atoms with Gasteiger partial charge in [0.25, 0.3) is 5.91 Å². The monoisotopic (exact) mass is 377 g/mol. The quantitative estimate of drug-likeness (QED) is 0.634. The lowest BCUT2D eigenvalue weighted by Crippen LogP contribution is -2.13. The van der Waals surface area contributed by atoms with Crippen molar-refractivity contribution in [2.24, 2.45) is 0 Å². The molecule has 28 heavy (non-hydrogen) atoms. The second kappa shape index (κ2) is 8.68. The Balaban J connectivity index is 1.70. The molecule has 0 atom stereocenters. The first-order chi connectivity index (χ1) is 13.6. The van der Waals surface area contributed by atoms with E-state index in [2.05, 4.69) is 15.6 Å². The third-order valence-electron chi connectivity index (χ3n) is 3.95. The number of pyridine rings is 1. The van der Waals surface area contributed by atoms with E-state index in [9.17, 15) is 9.59 Å². The van der Waals surface area contributed by atoms with Gasteiger partial charge in [0.05, 0.1) is 37.4 Å². The first-order valence-corrected chi connectivity index (χ1v) is 8.46. The first-order valence-electron chi connectivity index (χ1n) is 8.46. The minimum atomic E-state index is -0.432. The third-order valence-corrected chi connectivity index (χ3v) is 3.95. The maximum Gasteiger partial charge on any atom is 0.339 e. The van der Waals surface area contributed by atoms with Crippen molar-refractivity contribution in [3.8, 4) is 5.75 Å². The van der Waals surface area contributed by atoms with Gasteiger partial charge in [-0.25, -0.2) is 9.78 Å². The van der Waals surface area contributed by atoms with E-state index >= 15 is 0 Å². The molecule has 0 spiro atoms. The van der Waals surface area contributed by atoms with Crippen LogP contribution in [0.5, 0.6) is 5.75 Å². The molecule has 0 bridgehead atoms. The summed E-state index contributed by atoms with van der Waals surface area (Å²) in [4.78, 5) is 28.4. The Morgan fingerprint density at radius 3 is 2.50 bits per heavy atom. The third kappa shape index (κ3) is 4.45. The predicted octanol–water partition coefficient (Wildman–Crippen LogP) is 3.87. The van der Waals surface area contributed by atoms with Crippen LogP contribution in [0.15, 0.2) is 66.9 Å². The number of rotatable bonds is 6. The minimum Gasteiger partial charge on any atom is -0.497 e. The van der Waals surface area contributed by atoms with Gasteiger partial charge in [-0.15, -0.1) is 0 Å². The smallest absolute Gasteiger partial charge is 0.339 e. The number of carbonyl (C=O) groups is 2. The van der Waals surface area contributed by atoms with Gasteiger partial charge < -0.3 is 20.1 Å². The second-order valence-electron chi connectivity index (χ2n) is 5.78. The summed E-state index contributed by atoms with van der Waals surface area (Å²) >= 11 is 0. The van der Waals surface area contributed by atoms with E-state index in [1.165, 1.54) is 7.11 Å². The summed E-state index contributed by atoms with van der Waals surface area (Å²) < 4.78 is 9.91. The fourth-order valence-electron chi connectivity index (χ4n) is 2.53. The van der Waals surface area contributed by atoms with Gasteiger partial charge in [0, 0.05) is 5.56 Å². The highest BCUT2D eigenvalue weighted by Gasteiger charge is 2.12. The van der Waals surface area contributed by atoms with Gasteiger partial charge >= 0.3 is 5.97 Å². The topological polar surface area (TPSA) is 89.6 Å². The van der Waals surface area contributed by atoms with Crippen LogP contribution in [-0.2, 0) is 4.74 Å². The standard InChI is InChI=1S/C21H19N3O4/c1-27-16-7-5-6-14(12-16)20(25)24-19-11-10-15(13-22-19)23-18-9-4-3-8-17(18)21(26)28-2/h3-13,23H,1-2H3,(H,22,24,25). The Labute approximate surface area is 162 Å². The van der Waals surface area contributed by atoms with Crippen LogP contribution in [0, 0.1) is 0 Å². The van der Waals surface area contributed by atoms with Crippen molar-refractivity contribution in [2.45, 2.75) is 0 Å². The van der Waals surface area contributed by atoms with E-state index in [1.807, 2.05) is 6.07 Å². The lowest BCUT2D eigenvalue weighted by molar-refractivity contribution is 0.0601. The van der Waals surface area contributed by atoms with Crippen molar-refractivity contribution in [3.05, 3.63) is 78.0 Å². The van der Waals surface area contributed by atoms with Crippen molar-refractivity contribution < 1.29 is 19.1 Å². The average Bonchev–Trinajstić information content (AvgIpc) is 2.75. The van der Waals surface area contributed by atoms with Crippen LogP contribution in [0.1, 0.15) is 20.7 Å². The second-order valence-corrected chi connectivity index (χ2v) is 5.78. The van der Waals surface area contributed by atoms with Crippen LogP contribution in [0.25, 0.3) is 0 Å². The maximum atomic E-state index is 12.3. The zero-order valence-corrected chi connectivity index (χ0v) is 15.4. The van der Waals surface area contributed by atoms with Crippen LogP contribution in [0.2, 0.25) is 0 Å². The van der Waals surface area contributed by atoms with Gasteiger partial charge in [-0.1, -0.05) is 18.2 Å². The molecule has 0 aliphatic rings. The van der Waals surface area contributed by atoms with Crippen molar-refractivity contribution >= 4 is 29.1 Å². The molecule has 7 heteroatoms. The van der Waals surface area contributed by atoms with Crippen LogP contribution < -0.4 is 15.4 Å². The van der Waals surface area contributed by atoms with E-state index in [0.717, 1.165) is 0 Å². The van der Waals surface area contributed by atoms with Gasteiger partial charge in [-0.3, -0.25) is 4.79 Å². The number of nitrogens with one attached hydrogen (secondary N) is 2. The molecule has 0 unspecified atom stereocenters. The van der Waals surface area contributed by atoms with Gasteiger partial charge in [-0.2, -0.15) is 0 Å². The van der Waals surface area contributed by atoms with Crippen molar-refractivity contribution in [1.82, 2.24) is 4.98 Å². The number of amides is 1. The van der Waals surface area contributed by atoms with Crippen LogP contribution in [-0.4, -0.2) is 31.1 Å². The lowest BCUT2D eigenvalue weighted by Gasteiger charge is -2.11. The number of anilines is 3. The van der Waals surface area contributed by atoms with Gasteiger partial charge in [0.2, 0.25) is 0 Å². The zero-order chi connectivity index (χ0) is 19.9. The molecule has 0 aliphatic carbocycles. The molecule has 0 aliphatic heterocycles. The number of hydrogen-bond acceptors (Lipinski definition) is 6. The summed E-state index contributed by atoms with van der Waals surface area (Å²) in [6.07, 6.45) is 1.56. The van der Waals surface area contributed by atoms with Gasteiger partial charge in [0.15, 0.2) is 0 Å². The zero-order valence-electron chi connectivity index (χ0n) is 15.4. The summed E-state index contributed by atoms with van der Waals surface area (Å²) in [5.41, 5.74) is 2.15. The molecule has 0 fully saturated rings. The summed E-state index contributed by atoms with van der Waals surface area (Å²) in [6, 6.07) is 17.3. The van der Waals surface area contributed by atoms with Crippen LogP contribution in [0.3, 0.4) is 0 Å². The molecule has 2 aromatic carbocycles. The van der Waals surface area contributed by atoms with Crippen molar-refractivity contribution in [3.63, 3.8) is 0 Å². The average molecular weight is 377 g/mol. The molecule has 7 nitrogen and oxygen atoms in total. The Bertz CT molecular complexity index is 987. The highest BCUT2D eigenvalue weighted by molar-refractivity contribution is 6.04. The number of aromatic nitrogens is 1. The molecule has 3 aromatic rings. The van der Waals surface area contributed by atoms with E-state index in [0.29, 0.717) is 34.1 Å². The summed E-state index contributed by atoms with van der Waals surface area (Å²) in [5, 5.41) is 5.85. The molecule has 2 N–H and O–H groups in total. The molecular weight excluding hydrogens is 358 g/mol. The number of esters is 1. The molecule has 1 amide bonds. The number of carbonyl (C=O) groups excluding carboxylic acids is 2. The summed E-state index contributed by atoms with van der Waals surface area (Å²) in [5.74, 6) is 0.283. The van der Waals surface area contributed by atoms with E-state index in [-0.39, 0.29) is 5.91 Å². The number of nitrogens with zero attached hydrogens (tertiary/aromatic N) is 1. The Morgan fingerprint density at radius 1 is 0.964 bits per heavy atom. The molecule has 142 valence electrons. The van der Waals surface area contributed by atoms with E-state index < -0.39 is 5.97 Å². The lowest BCUT2D eigenvalue weighted by atomic mass is 10.1. The van der Waals surface area contributed by atoms with Crippen LogP contribution in [0.4, 0.5) is 17.2 Å². The SMILES string of the molecule is COC(=O)c1ccccc1Nc1ccc(NC(=O)c2cccc(OC)c2)nc1. The fraction of sp³-hybridized carbons (Fsp3) is 0.0952. The number of hydrogen-bond donors (Lipinski definition) is 2. The van der Waals surface area contributed by atoms with Gasteiger partial charge in [0.1, 0.15) is 11.6 Å². The Hall–Kier alpha value is -3.87. The van der Waals surface area contributed by atoms with Crippen molar-refractivity contribution in [1.29, 1.82) is 0 Å². The highest BCUT2D eigenvalue weighted by Crippen LogP contribution is 2.22. The predicted molar refractivity (Wildman–Crippen MR) is 106 cm³/mol. The van der Waals surface area contributed by atoms with E-state index in [4.69, 9.17) is 9.47 Å². The molecule has 0 radical (unpaired) electrons. The highest BCUT2D eigenvalue weighted by atomic mass is 16.5. The molecule has 1 heterocycles. The van der Waals surface area contributed by atoms with Crippen LogP contribution >= 0.6 is 0 Å². The fourth-order valence-corrected chi connectivity index (χ4v) is 2.53. The minimum absolute atomic E-state index is 0.289. The van der Waals surface area contributed by atoms with Gasteiger partial charge in [-0.05, 0) is 42.5 Å². The molecular formula is C21H19N3O4. The summed E-state index contributed by atoms with van der Waals surface area (Å²) in [6.45, 7) is 0. The van der Waals surface area contributed by atoms with Crippen molar-refractivity contribution in [2.75, 3.05) is 24.9 Å². The Morgan fingerprint density at radius 2 is 1.79 bits per heavy atom. The van der Waals surface area contributed by atoms with E-state index in [1.54, 1.807) is 67.9 Å².